The molecule has 0 atom stereocenters. The molecule has 0 saturated carbocycles. The zero-order valence-corrected chi connectivity index (χ0v) is 16.4. The highest BCUT2D eigenvalue weighted by atomic mass is 19.1. The molecule has 6 heteroatoms. The first kappa shape index (κ1) is 21.4. The third-order valence-corrected chi connectivity index (χ3v) is 4.53. The second-order valence-corrected chi connectivity index (χ2v) is 6.58. The molecule has 0 aliphatic carbocycles. The Balaban J connectivity index is 1.71. The molecular weight excluding hydrogens is 359 g/mol. The van der Waals surface area contributed by atoms with Gasteiger partial charge in [-0.05, 0) is 48.2 Å². The van der Waals surface area contributed by atoms with Crippen LogP contribution in [0.15, 0.2) is 48.5 Å². The van der Waals surface area contributed by atoms with Crippen molar-refractivity contribution < 1.29 is 18.7 Å². The van der Waals surface area contributed by atoms with Crippen LogP contribution in [0.1, 0.15) is 24.5 Å². The smallest absolute Gasteiger partial charge is 0.221 e. The summed E-state index contributed by atoms with van der Waals surface area (Å²) in [7, 11) is 1.62. The molecule has 2 aromatic carbocycles. The van der Waals surface area contributed by atoms with Crippen LogP contribution < -0.4 is 10.1 Å². The average molecular weight is 386 g/mol. The third kappa shape index (κ3) is 7.39. The van der Waals surface area contributed by atoms with Gasteiger partial charge in [-0.3, -0.25) is 9.59 Å². The molecular formula is C22H27FN2O3. The number of benzene rings is 2. The number of halogens is 1. The van der Waals surface area contributed by atoms with Crippen LogP contribution in [0.4, 0.5) is 4.39 Å². The minimum Gasteiger partial charge on any atom is -0.497 e. The van der Waals surface area contributed by atoms with Gasteiger partial charge in [0.2, 0.25) is 11.8 Å². The fourth-order valence-electron chi connectivity index (χ4n) is 2.81. The SMILES string of the molecule is COc1ccc(CCN(CCC(=O)NCCc2ccc(F)cc2)C(C)=O)cc1. The van der Waals surface area contributed by atoms with Crippen LogP contribution in [-0.2, 0) is 22.4 Å². The molecule has 0 unspecified atom stereocenters. The number of amides is 2. The Kier molecular flexibility index (Phi) is 8.46. The summed E-state index contributed by atoms with van der Waals surface area (Å²) in [5.41, 5.74) is 2.07. The number of carbonyl (C=O) groups excluding carboxylic acids is 2. The first-order valence-electron chi connectivity index (χ1n) is 9.37. The summed E-state index contributed by atoms with van der Waals surface area (Å²) in [5.74, 6) is 0.377. The number of hydrogen-bond acceptors (Lipinski definition) is 3. The minimum atomic E-state index is -0.272. The lowest BCUT2D eigenvalue weighted by Crippen LogP contribution is -2.35. The topological polar surface area (TPSA) is 58.6 Å². The zero-order chi connectivity index (χ0) is 20.4. The van der Waals surface area contributed by atoms with Crippen molar-refractivity contribution in [3.05, 3.63) is 65.5 Å². The summed E-state index contributed by atoms with van der Waals surface area (Å²) in [6.45, 7) is 2.94. The lowest BCUT2D eigenvalue weighted by molar-refractivity contribution is -0.129. The standard InChI is InChI=1S/C22H27FN2O3/c1-17(26)25(15-12-19-5-9-21(28-2)10-6-19)16-13-22(27)24-14-11-18-3-7-20(23)8-4-18/h3-10H,11-16H2,1-2H3,(H,24,27). The van der Waals surface area contributed by atoms with E-state index in [4.69, 9.17) is 4.74 Å². The van der Waals surface area contributed by atoms with Crippen LogP contribution >= 0.6 is 0 Å². The molecule has 2 amide bonds. The van der Waals surface area contributed by atoms with Gasteiger partial charge in [0.1, 0.15) is 11.6 Å². The third-order valence-electron chi connectivity index (χ3n) is 4.53. The van der Waals surface area contributed by atoms with E-state index in [9.17, 15) is 14.0 Å². The van der Waals surface area contributed by atoms with Crippen LogP contribution in [0.3, 0.4) is 0 Å². The maximum absolute atomic E-state index is 12.9. The Morgan fingerprint density at radius 2 is 1.57 bits per heavy atom. The Morgan fingerprint density at radius 1 is 0.964 bits per heavy atom. The number of carbonyl (C=O) groups is 2. The molecule has 0 aliphatic heterocycles. The highest BCUT2D eigenvalue weighted by molar-refractivity contribution is 5.78. The number of nitrogens with zero attached hydrogens (tertiary/aromatic N) is 1. The Morgan fingerprint density at radius 3 is 2.18 bits per heavy atom. The second-order valence-electron chi connectivity index (χ2n) is 6.58. The van der Waals surface area contributed by atoms with Crippen LogP contribution in [0, 0.1) is 5.82 Å². The van der Waals surface area contributed by atoms with Crippen molar-refractivity contribution in [3.8, 4) is 5.75 Å². The summed E-state index contributed by atoms with van der Waals surface area (Å²) in [6.07, 6.45) is 1.61. The predicted molar refractivity (Wildman–Crippen MR) is 107 cm³/mol. The molecule has 0 radical (unpaired) electrons. The van der Waals surface area contributed by atoms with Gasteiger partial charge in [-0.15, -0.1) is 0 Å². The van der Waals surface area contributed by atoms with Gasteiger partial charge >= 0.3 is 0 Å². The minimum absolute atomic E-state index is 0.0485. The fraction of sp³-hybridized carbons (Fsp3) is 0.364. The van der Waals surface area contributed by atoms with E-state index in [1.807, 2.05) is 24.3 Å². The molecule has 1 N–H and O–H groups in total. The second kappa shape index (κ2) is 11.1. The molecule has 0 fully saturated rings. The van der Waals surface area contributed by atoms with Crippen molar-refractivity contribution in [1.29, 1.82) is 0 Å². The van der Waals surface area contributed by atoms with Crippen LogP contribution in [0.5, 0.6) is 5.75 Å². The molecule has 0 heterocycles. The predicted octanol–water partition coefficient (Wildman–Crippen LogP) is 2.97. The highest BCUT2D eigenvalue weighted by Crippen LogP contribution is 2.12. The zero-order valence-electron chi connectivity index (χ0n) is 16.4. The number of methoxy groups -OCH3 is 1. The fourth-order valence-corrected chi connectivity index (χ4v) is 2.81. The number of rotatable bonds is 10. The molecule has 5 nitrogen and oxygen atoms in total. The molecule has 0 saturated heterocycles. The van der Waals surface area contributed by atoms with Crippen molar-refractivity contribution in [2.45, 2.75) is 26.2 Å². The average Bonchev–Trinajstić information content (AvgIpc) is 2.69. The maximum Gasteiger partial charge on any atom is 0.221 e. The maximum atomic E-state index is 12.9. The Hall–Kier alpha value is -2.89. The van der Waals surface area contributed by atoms with Crippen molar-refractivity contribution in [2.75, 3.05) is 26.7 Å². The van der Waals surface area contributed by atoms with E-state index in [0.29, 0.717) is 26.1 Å². The van der Waals surface area contributed by atoms with Gasteiger partial charge < -0.3 is 15.0 Å². The summed E-state index contributed by atoms with van der Waals surface area (Å²) in [5, 5.41) is 2.84. The normalized spacial score (nSPS) is 10.4. The molecule has 150 valence electrons. The highest BCUT2D eigenvalue weighted by Gasteiger charge is 2.11. The number of nitrogens with one attached hydrogen (secondary N) is 1. The van der Waals surface area contributed by atoms with E-state index < -0.39 is 0 Å². The lowest BCUT2D eigenvalue weighted by atomic mass is 10.1. The largest absolute Gasteiger partial charge is 0.497 e. The quantitative estimate of drug-likeness (QED) is 0.683. The molecule has 0 aliphatic rings. The van der Waals surface area contributed by atoms with Crippen LogP contribution in [0.25, 0.3) is 0 Å². The Labute approximate surface area is 165 Å². The van der Waals surface area contributed by atoms with Crippen molar-refractivity contribution in [3.63, 3.8) is 0 Å². The van der Waals surface area contributed by atoms with Gasteiger partial charge in [0, 0.05) is 33.0 Å². The van der Waals surface area contributed by atoms with Crippen molar-refractivity contribution in [1.82, 2.24) is 10.2 Å². The van der Waals surface area contributed by atoms with Gasteiger partial charge in [-0.1, -0.05) is 24.3 Å². The molecule has 0 aromatic heterocycles. The van der Waals surface area contributed by atoms with E-state index in [0.717, 1.165) is 23.3 Å². The summed E-state index contributed by atoms with van der Waals surface area (Å²) in [6, 6.07) is 14.0. The molecule has 2 rings (SSSR count). The summed E-state index contributed by atoms with van der Waals surface area (Å²) < 4.78 is 18.0. The van der Waals surface area contributed by atoms with E-state index >= 15 is 0 Å². The van der Waals surface area contributed by atoms with Crippen molar-refractivity contribution >= 4 is 11.8 Å². The monoisotopic (exact) mass is 386 g/mol. The van der Waals surface area contributed by atoms with Crippen LogP contribution in [0.2, 0.25) is 0 Å². The van der Waals surface area contributed by atoms with E-state index in [1.165, 1.54) is 19.1 Å². The molecule has 2 aromatic rings. The van der Waals surface area contributed by atoms with Gasteiger partial charge in [-0.25, -0.2) is 4.39 Å². The summed E-state index contributed by atoms with van der Waals surface area (Å²) in [4.78, 5) is 25.6. The van der Waals surface area contributed by atoms with E-state index in [-0.39, 0.29) is 24.1 Å². The lowest BCUT2D eigenvalue weighted by Gasteiger charge is -2.21. The van der Waals surface area contributed by atoms with E-state index in [1.54, 1.807) is 24.1 Å². The number of ether oxygens (including phenoxy) is 1. The van der Waals surface area contributed by atoms with E-state index in [2.05, 4.69) is 5.32 Å². The first-order chi connectivity index (χ1) is 13.5. The van der Waals surface area contributed by atoms with Gasteiger partial charge in [0.25, 0.3) is 0 Å². The first-order valence-corrected chi connectivity index (χ1v) is 9.37. The number of hydrogen-bond donors (Lipinski definition) is 1. The summed E-state index contributed by atoms with van der Waals surface area (Å²) >= 11 is 0. The molecule has 0 spiro atoms. The Bertz CT molecular complexity index is 760. The molecule has 0 bridgehead atoms. The van der Waals surface area contributed by atoms with Gasteiger partial charge in [0.05, 0.1) is 7.11 Å². The van der Waals surface area contributed by atoms with Crippen LogP contribution in [-0.4, -0.2) is 43.5 Å². The van der Waals surface area contributed by atoms with Gasteiger partial charge in [-0.2, -0.15) is 0 Å². The molecule has 28 heavy (non-hydrogen) atoms. The van der Waals surface area contributed by atoms with Gasteiger partial charge in [0.15, 0.2) is 0 Å². The van der Waals surface area contributed by atoms with Crippen molar-refractivity contribution in [2.24, 2.45) is 0 Å².